The largest absolute Gasteiger partial charge is 0.458 e. The molecular formula is C36H46N4O7. The number of alkyl carbamates (subject to hydrolysis) is 1. The van der Waals surface area contributed by atoms with E-state index in [1.54, 1.807) is 65.8 Å². The van der Waals surface area contributed by atoms with Crippen LogP contribution < -0.4 is 16.4 Å². The molecule has 0 bridgehead atoms. The van der Waals surface area contributed by atoms with Crippen LogP contribution in [-0.4, -0.2) is 64.0 Å². The Hall–Kier alpha value is -4.85. The maximum Gasteiger partial charge on any atom is 0.408 e. The lowest BCUT2D eigenvalue weighted by molar-refractivity contribution is -0.159. The highest BCUT2D eigenvalue weighted by molar-refractivity contribution is 5.96. The standard InChI is InChI=1S/C36H46N4O7/c1-9-23-15-17-25(18-16-23)30(31(42)38-27(33(44)46-35(3,4)5)20-24-13-11-10-12-14-24)40(28-19-22(28)2)32(43)26(21-29(37)41)39-34(45)47-36(6,7)8/h1,10-18,22,26-28,30H,19-21H2,2-8H3,(H2,37,41)(H,38,42)(H,39,45). The summed E-state index contributed by atoms with van der Waals surface area (Å²) in [4.78, 5) is 68.6. The molecule has 2 aromatic carbocycles. The molecule has 1 aliphatic carbocycles. The number of rotatable bonds is 12. The molecule has 1 aliphatic rings. The van der Waals surface area contributed by atoms with Gasteiger partial charge in [-0.1, -0.05) is 55.3 Å². The van der Waals surface area contributed by atoms with Crippen LogP contribution in [0.25, 0.3) is 0 Å². The van der Waals surface area contributed by atoms with Gasteiger partial charge in [0.25, 0.3) is 0 Å². The van der Waals surface area contributed by atoms with Gasteiger partial charge in [-0.3, -0.25) is 14.4 Å². The summed E-state index contributed by atoms with van der Waals surface area (Å²) in [6.07, 6.45) is 4.81. The van der Waals surface area contributed by atoms with Crippen LogP contribution in [-0.2, 0) is 35.1 Å². The van der Waals surface area contributed by atoms with Gasteiger partial charge in [0.15, 0.2) is 0 Å². The second kappa shape index (κ2) is 15.2. The van der Waals surface area contributed by atoms with Crippen molar-refractivity contribution in [3.8, 4) is 12.3 Å². The molecule has 0 aromatic heterocycles. The van der Waals surface area contributed by atoms with E-state index in [0.717, 1.165) is 5.56 Å². The third kappa shape index (κ3) is 11.2. The normalized spacial score (nSPS) is 17.6. The molecule has 1 fully saturated rings. The number of hydrogen-bond donors (Lipinski definition) is 3. The van der Waals surface area contributed by atoms with Crippen LogP contribution in [0.1, 0.15) is 84.0 Å². The zero-order chi connectivity index (χ0) is 35.1. The Morgan fingerprint density at radius 2 is 1.49 bits per heavy atom. The summed E-state index contributed by atoms with van der Waals surface area (Å²) in [6, 6.07) is 11.5. The van der Waals surface area contributed by atoms with Gasteiger partial charge in [0.2, 0.25) is 17.7 Å². The van der Waals surface area contributed by atoms with Crippen molar-refractivity contribution in [2.75, 3.05) is 0 Å². The number of primary amides is 1. The van der Waals surface area contributed by atoms with Crippen molar-refractivity contribution in [1.29, 1.82) is 0 Å². The number of hydrogen-bond acceptors (Lipinski definition) is 7. The molecule has 1 saturated carbocycles. The van der Waals surface area contributed by atoms with Crippen LogP contribution in [0.4, 0.5) is 4.79 Å². The first kappa shape index (κ1) is 36.6. The molecular weight excluding hydrogens is 600 g/mol. The number of nitrogens with zero attached hydrogens (tertiary/aromatic N) is 1. The molecule has 0 saturated heterocycles. The minimum absolute atomic E-state index is 0.000887. The zero-order valence-corrected chi connectivity index (χ0v) is 28.2. The predicted octanol–water partition coefficient (Wildman–Crippen LogP) is 3.78. The molecule has 4 amide bonds. The van der Waals surface area contributed by atoms with Crippen LogP contribution in [0.2, 0.25) is 0 Å². The molecule has 2 aromatic rings. The van der Waals surface area contributed by atoms with E-state index in [0.29, 0.717) is 17.5 Å². The second-order valence-corrected chi connectivity index (χ2v) is 13.8. The predicted molar refractivity (Wildman–Crippen MR) is 176 cm³/mol. The molecule has 0 heterocycles. The summed E-state index contributed by atoms with van der Waals surface area (Å²) in [5.74, 6) is -0.311. The summed E-state index contributed by atoms with van der Waals surface area (Å²) in [5, 5.41) is 5.33. The fourth-order valence-corrected chi connectivity index (χ4v) is 5.07. The first-order chi connectivity index (χ1) is 21.9. The van der Waals surface area contributed by atoms with Gasteiger partial charge in [0.05, 0.1) is 6.42 Å². The third-order valence-corrected chi connectivity index (χ3v) is 7.28. The average molecular weight is 647 g/mol. The summed E-state index contributed by atoms with van der Waals surface area (Å²) in [5.41, 5.74) is 5.54. The van der Waals surface area contributed by atoms with E-state index in [1.807, 2.05) is 37.3 Å². The van der Waals surface area contributed by atoms with Gasteiger partial charge in [0.1, 0.15) is 29.3 Å². The molecule has 47 heavy (non-hydrogen) atoms. The van der Waals surface area contributed by atoms with Gasteiger partial charge >= 0.3 is 12.1 Å². The zero-order valence-electron chi connectivity index (χ0n) is 28.2. The van der Waals surface area contributed by atoms with Crippen LogP contribution in [0.3, 0.4) is 0 Å². The van der Waals surface area contributed by atoms with Gasteiger partial charge in [0, 0.05) is 18.0 Å². The summed E-state index contributed by atoms with van der Waals surface area (Å²) >= 11 is 0. The van der Waals surface area contributed by atoms with Gasteiger partial charge in [-0.25, -0.2) is 9.59 Å². The van der Waals surface area contributed by atoms with Gasteiger partial charge in [-0.15, -0.1) is 6.42 Å². The molecule has 5 atom stereocenters. The van der Waals surface area contributed by atoms with E-state index in [4.69, 9.17) is 21.6 Å². The first-order valence-electron chi connectivity index (χ1n) is 15.6. The minimum Gasteiger partial charge on any atom is -0.458 e. The van der Waals surface area contributed by atoms with Crippen molar-refractivity contribution < 1.29 is 33.4 Å². The number of nitrogens with two attached hydrogens (primary N) is 1. The topological polar surface area (TPSA) is 157 Å². The number of esters is 1. The van der Waals surface area contributed by atoms with Crippen LogP contribution >= 0.6 is 0 Å². The molecule has 0 aliphatic heterocycles. The Labute approximate surface area is 276 Å². The molecule has 252 valence electrons. The van der Waals surface area contributed by atoms with Crippen molar-refractivity contribution in [2.24, 2.45) is 11.7 Å². The monoisotopic (exact) mass is 646 g/mol. The highest BCUT2D eigenvalue weighted by atomic mass is 16.6. The van der Waals surface area contributed by atoms with E-state index >= 15 is 0 Å². The summed E-state index contributed by atoms with van der Waals surface area (Å²) < 4.78 is 11.0. The Bertz CT molecular complexity index is 1490. The van der Waals surface area contributed by atoms with E-state index < -0.39 is 71.6 Å². The number of amides is 4. The first-order valence-corrected chi connectivity index (χ1v) is 15.6. The Morgan fingerprint density at radius 3 is 1.98 bits per heavy atom. The van der Waals surface area contributed by atoms with Crippen molar-refractivity contribution in [2.45, 2.75) is 103 Å². The number of terminal acetylenes is 1. The van der Waals surface area contributed by atoms with Crippen LogP contribution in [0, 0.1) is 18.3 Å². The number of benzene rings is 2. The van der Waals surface area contributed by atoms with Gasteiger partial charge < -0.3 is 30.7 Å². The summed E-state index contributed by atoms with van der Waals surface area (Å²) in [7, 11) is 0. The minimum atomic E-state index is -1.43. The maximum atomic E-state index is 14.5. The van der Waals surface area contributed by atoms with Crippen LogP contribution in [0.5, 0.6) is 0 Å². The average Bonchev–Trinajstić information content (AvgIpc) is 3.68. The second-order valence-electron chi connectivity index (χ2n) is 13.8. The highest BCUT2D eigenvalue weighted by Gasteiger charge is 2.49. The van der Waals surface area contributed by atoms with E-state index in [1.165, 1.54) is 4.90 Å². The molecule has 4 N–H and O–H groups in total. The molecule has 0 radical (unpaired) electrons. The van der Waals surface area contributed by atoms with Crippen LogP contribution in [0.15, 0.2) is 54.6 Å². The van der Waals surface area contributed by atoms with Crippen molar-refractivity contribution in [3.05, 3.63) is 71.3 Å². The van der Waals surface area contributed by atoms with Crippen molar-refractivity contribution in [1.82, 2.24) is 15.5 Å². The smallest absolute Gasteiger partial charge is 0.408 e. The fraction of sp³-hybridized carbons (Fsp3) is 0.472. The number of carbonyl (C=O) groups excluding carboxylic acids is 5. The lowest BCUT2D eigenvalue weighted by Gasteiger charge is -2.35. The molecule has 3 rings (SSSR count). The quantitative estimate of drug-likeness (QED) is 0.234. The SMILES string of the molecule is C#Cc1ccc(C(C(=O)NC(Cc2ccccc2)C(=O)OC(C)(C)C)N(C(=O)C(CC(N)=O)NC(=O)OC(C)(C)C)C2CC2C)cc1. The fourth-order valence-electron chi connectivity index (χ4n) is 5.07. The number of nitrogens with one attached hydrogen (secondary N) is 2. The number of carbonyl (C=O) groups is 5. The lowest BCUT2D eigenvalue weighted by Crippen LogP contribution is -2.56. The third-order valence-electron chi connectivity index (χ3n) is 7.28. The number of ether oxygens (including phenoxy) is 2. The van der Waals surface area contributed by atoms with Gasteiger partial charge in [-0.05, 0) is 77.1 Å². The molecule has 11 nitrogen and oxygen atoms in total. The molecule has 11 heteroatoms. The molecule has 5 unspecified atom stereocenters. The Morgan fingerprint density at radius 1 is 0.915 bits per heavy atom. The van der Waals surface area contributed by atoms with Gasteiger partial charge in [-0.2, -0.15) is 0 Å². The molecule has 0 spiro atoms. The van der Waals surface area contributed by atoms with Crippen molar-refractivity contribution >= 4 is 29.8 Å². The Kier molecular flexibility index (Phi) is 11.8. The highest BCUT2D eigenvalue weighted by Crippen LogP contribution is 2.41. The maximum absolute atomic E-state index is 14.5. The summed E-state index contributed by atoms with van der Waals surface area (Å²) in [6.45, 7) is 12.1. The Balaban J connectivity index is 2.08. The van der Waals surface area contributed by atoms with Crippen molar-refractivity contribution in [3.63, 3.8) is 0 Å². The van der Waals surface area contributed by atoms with E-state index in [2.05, 4.69) is 16.6 Å². The van der Waals surface area contributed by atoms with E-state index in [9.17, 15) is 24.0 Å². The van der Waals surface area contributed by atoms with E-state index in [-0.39, 0.29) is 12.3 Å². The lowest BCUT2D eigenvalue weighted by atomic mass is 9.99.